The average molecular weight is 190 g/mol. The fraction of sp³-hybridized carbons (Fsp3) is 0.778. The van der Waals surface area contributed by atoms with Crippen LogP contribution in [0.3, 0.4) is 0 Å². The van der Waals surface area contributed by atoms with Crippen molar-refractivity contribution in [2.75, 3.05) is 20.1 Å². The standard InChI is InChI=1S/C9H17N.V/c1-4-5-9(2)6-7-10(3)8-9;/h1-2,4-8H2,3H3;/q-2;+2. The van der Waals surface area contributed by atoms with Gasteiger partial charge >= 0.3 is 18.6 Å². The Morgan fingerprint density at radius 1 is 1.55 bits per heavy atom. The third-order valence-electron chi connectivity index (χ3n) is 2.34. The number of likely N-dealkylation sites (tertiary alicyclic amines) is 1. The quantitative estimate of drug-likeness (QED) is 0.600. The Hall–Kier alpha value is 0.544. The van der Waals surface area contributed by atoms with E-state index in [0.29, 0.717) is 5.41 Å². The summed E-state index contributed by atoms with van der Waals surface area (Å²) in [4.78, 5) is 2.35. The van der Waals surface area contributed by atoms with E-state index in [4.69, 9.17) is 0 Å². The molecule has 0 spiro atoms. The predicted octanol–water partition coefficient (Wildman–Crippen LogP) is 1.75. The van der Waals surface area contributed by atoms with Crippen molar-refractivity contribution in [3.8, 4) is 0 Å². The fourth-order valence-corrected chi connectivity index (χ4v) is 1.74. The van der Waals surface area contributed by atoms with E-state index >= 15 is 0 Å². The molecular formula is C9H17NV. The largest absolute Gasteiger partial charge is 2.00 e. The molecule has 0 aromatic rings. The third kappa shape index (κ3) is 3.19. The summed E-state index contributed by atoms with van der Waals surface area (Å²) in [5.41, 5.74) is 0.330. The molecule has 1 fully saturated rings. The zero-order valence-corrected chi connectivity index (χ0v) is 8.74. The van der Waals surface area contributed by atoms with Gasteiger partial charge in [0.25, 0.3) is 0 Å². The van der Waals surface area contributed by atoms with Gasteiger partial charge in [-0.05, 0) is 20.1 Å². The van der Waals surface area contributed by atoms with E-state index in [0.717, 1.165) is 13.0 Å². The summed E-state index contributed by atoms with van der Waals surface area (Å²) in [7, 11) is 2.16. The molecular weight excluding hydrogens is 173 g/mol. The molecule has 0 aromatic carbocycles. The molecule has 11 heavy (non-hydrogen) atoms. The van der Waals surface area contributed by atoms with E-state index in [1.54, 1.807) is 0 Å². The van der Waals surface area contributed by atoms with Crippen LogP contribution in [-0.4, -0.2) is 25.0 Å². The second-order valence-electron chi connectivity index (χ2n) is 3.59. The van der Waals surface area contributed by atoms with Gasteiger partial charge in [-0.15, -0.1) is 11.8 Å². The first-order chi connectivity index (χ1) is 4.66. The second kappa shape index (κ2) is 4.54. The Morgan fingerprint density at radius 3 is 2.55 bits per heavy atom. The Labute approximate surface area is 82.4 Å². The first-order valence-corrected chi connectivity index (χ1v) is 3.99. The molecule has 0 saturated carbocycles. The number of nitrogens with zero attached hydrogens (tertiary/aromatic N) is 1. The maximum atomic E-state index is 4.23. The molecule has 2 heteroatoms. The van der Waals surface area contributed by atoms with E-state index in [1.807, 2.05) is 0 Å². The SMILES string of the molecule is [CH2-]CCC1([CH2-])CCN(C)C1.[V+2]. The van der Waals surface area contributed by atoms with Crippen LogP contribution in [0.5, 0.6) is 0 Å². The summed E-state index contributed by atoms with van der Waals surface area (Å²) in [5.74, 6) is 0. The van der Waals surface area contributed by atoms with Gasteiger partial charge in [0.15, 0.2) is 0 Å². The first-order valence-electron chi connectivity index (χ1n) is 3.99. The minimum absolute atomic E-state index is 0. The molecule has 1 aliphatic rings. The summed E-state index contributed by atoms with van der Waals surface area (Å²) < 4.78 is 0. The van der Waals surface area contributed by atoms with Gasteiger partial charge in [-0.25, -0.2) is 0 Å². The monoisotopic (exact) mass is 190 g/mol. The van der Waals surface area contributed by atoms with Crippen molar-refractivity contribution in [3.05, 3.63) is 13.8 Å². The Balaban J connectivity index is 0.000001000. The summed E-state index contributed by atoms with van der Waals surface area (Å²) in [6.45, 7) is 10.5. The first kappa shape index (κ1) is 11.5. The minimum atomic E-state index is 0. The molecule has 63 valence electrons. The van der Waals surface area contributed by atoms with Gasteiger partial charge in [0.2, 0.25) is 0 Å². The van der Waals surface area contributed by atoms with Crippen LogP contribution in [0.15, 0.2) is 0 Å². The van der Waals surface area contributed by atoms with Crippen molar-refractivity contribution < 1.29 is 18.6 Å². The number of rotatable bonds is 2. The molecule has 0 aromatic heterocycles. The molecule has 0 aliphatic carbocycles. The summed E-state index contributed by atoms with van der Waals surface area (Å²) in [5, 5.41) is 0. The summed E-state index contributed by atoms with van der Waals surface area (Å²) >= 11 is 0. The van der Waals surface area contributed by atoms with Crippen molar-refractivity contribution in [1.29, 1.82) is 0 Å². The van der Waals surface area contributed by atoms with Gasteiger partial charge in [0.05, 0.1) is 0 Å². The van der Waals surface area contributed by atoms with E-state index in [2.05, 4.69) is 25.8 Å². The van der Waals surface area contributed by atoms with E-state index in [1.165, 1.54) is 19.4 Å². The van der Waals surface area contributed by atoms with Crippen LogP contribution in [0.25, 0.3) is 0 Å². The van der Waals surface area contributed by atoms with Crippen LogP contribution in [0.1, 0.15) is 19.3 Å². The minimum Gasteiger partial charge on any atom is -0.343 e. The predicted molar refractivity (Wildman–Crippen MR) is 44.5 cm³/mol. The molecule has 1 atom stereocenters. The normalized spacial score (nSPS) is 31.9. The number of hydrogen-bond donors (Lipinski definition) is 0. The molecule has 0 bridgehead atoms. The van der Waals surface area contributed by atoms with Crippen molar-refractivity contribution >= 4 is 0 Å². The van der Waals surface area contributed by atoms with Crippen LogP contribution in [-0.2, 0) is 18.6 Å². The topological polar surface area (TPSA) is 3.24 Å². The van der Waals surface area contributed by atoms with E-state index < -0.39 is 0 Å². The molecule has 1 nitrogen and oxygen atoms in total. The fourth-order valence-electron chi connectivity index (χ4n) is 1.74. The summed E-state index contributed by atoms with van der Waals surface area (Å²) in [6, 6.07) is 0. The van der Waals surface area contributed by atoms with Crippen LogP contribution in [0, 0.1) is 19.3 Å². The van der Waals surface area contributed by atoms with Crippen molar-refractivity contribution in [2.45, 2.75) is 19.3 Å². The van der Waals surface area contributed by atoms with Gasteiger partial charge in [-0.3, -0.25) is 0 Å². The van der Waals surface area contributed by atoms with Crippen LogP contribution < -0.4 is 0 Å². The number of hydrogen-bond acceptors (Lipinski definition) is 1. The van der Waals surface area contributed by atoms with Crippen LogP contribution in [0.4, 0.5) is 0 Å². The van der Waals surface area contributed by atoms with Crippen LogP contribution >= 0.6 is 0 Å². The Morgan fingerprint density at radius 2 is 2.18 bits per heavy atom. The van der Waals surface area contributed by atoms with Crippen molar-refractivity contribution in [3.63, 3.8) is 0 Å². The van der Waals surface area contributed by atoms with Crippen molar-refractivity contribution in [1.82, 2.24) is 4.90 Å². The zero-order valence-electron chi connectivity index (χ0n) is 7.34. The molecule has 0 N–H and O–H groups in total. The van der Waals surface area contributed by atoms with Gasteiger partial charge in [0, 0.05) is 0 Å². The Bertz CT molecular complexity index is 112. The van der Waals surface area contributed by atoms with Gasteiger partial charge in [0.1, 0.15) is 0 Å². The molecule has 1 unspecified atom stereocenters. The Kier molecular flexibility index (Phi) is 4.77. The van der Waals surface area contributed by atoms with Gasteiger partial charge < -0.3 is 18.7 Å². The summed E-state index contributed by atoms with van der Waals surface area (Å²) in [6.07, 6.45) is 3.45. The van der Waals surface area contributed by atoms with E-state index in [-0.39, 0.29) is 18.6 Å². The van der Waals surface area contributed by atoms with E-state index in [9.17, 15) is 0 Å². The smallest absolute Gasteiger partial charge is 0.343 e. The maximum Gasteiger partial charge on any atom is 2.00 e. The van der Waals surface area contributed by atoms with Gasteiger partial charge in [-0.2, -0.15) is 6.42 Å². The average Bonchev–Trinajstić information content (AvgIpc) is 2.12. The maximum absolute atomic E-state index is 4.23. The molecule has 1 saturated heterocycles. The molecule has 1 rings (SSSR count). The molecule has 1 radical (unpaired) electrons. The molecule has 1 aliphatic heterocycles. The second-order valence-corrected chi connectivity index (χ2v) is 3.59. The molecule has 1 heterocycles. The van der Waals surface area contributed by atoms with Crippen LogP contribution in [0.2, 0.25) is 0 Å². The third-order valence-corrected chi connectivity index (χ3v) is 2.34. The van der Waals surface area contributed by atoms with Crippen molar-refractivity contribution in [2.24, 2.45) is 5.41 Å². The molecule has 0 amide bonds. The van der Waals surface area contributed by atoms with Gasteiger partial charge in [-0.1, -0.05) is 6.42 Å². The zero-order chi connectivity index (χ0) is 7.61.